The fraction of sp³-hybridized carbons (Fsp3) is 1.00. The first-order chi connectivity index (χ1) is 8.83. The number of rotatable bonds is 6. The van der Waals surface area contributed by atoms with Crippen molar-refractivity contribution in [3.05, 3.63) is 0 Å². The molecule has 112 valence electrons. The highest BCUT2D eigenvalue weighted by molar-refractivity contribution is 4.51. The normalized spacial score (nSPS) is 14.0. The van der Waals surface area contributed by atoms with Crippen LogP contribution in [0.2, 0.25) is 0 Å². The summed E-state index contributed by atoms with van der Waals surface area (Å²) in [5.74, 6) is 0. The first kappa shape index (κ1) is 20.3. The lowest BCUT2D eigenvalue weighted by Gasteiger charge is -2.05. The molecule has 1 rings (SSSR count). The summed E-state index contributed by atoms with van der Waals surface area (Å²) in [6.45, 7) is 8.91. The predicted molar refractivity (Wildman–Crippen MR) is 87.3 cm³/mol. The van der Waals surface area contributed by atoms with Gasteiger partial charge in [0.2, 0.25) is 0 Å². The van der Waals surface area contributed by atoms with Crippen LogP contribution in [-0.4, -0.2) is 0 Å². The molecule has 0 aromatic heterocycles. The summed E-state index contributed by atoms with van der Waals surface area (Å²) in [7, 11) is 0. The summed E-state index contributed by atoms with van der Waals surface area (Å²) in [6, 6.07) is 0. The largest absolute Gasteiger partial charge is 0.0654 e. The lowest BCUT2D eigenvalue weighted by atomic mass is 10.0. The Morgan fingerprint density at radius 3 is 0.833 bits per heavy atom. The van der Waals surface area contributed by atoms with E-state index >= 15 is 0 Å². The van der Waals surface area contributed by atoms with Crippen LogP contribution in [0.15, 0.2) is 0 Å². The van der Waals surface area contributed by atoms with Gasteiger partial charge in [0, 0.05) is 0 Å². The highest BCUT2D eigenvalue weighted by Gasteiger charge is 1.95. The van der Waals surface area contributed by atoms with Crippen molar-refractivity contribution in [2.75, 3.05) is 0 Å². The van der Waals surface area contributed by atoms with Crippen LogP contribution in [0.25, 0.3) is 0 Å². The smallest absolute Gasteiger partial charge is 0.0533 e. The van der Waals surface area contributed by atoms with E-state index in [1.807, 2.05) is 0 Å². The second-order valence-corrected chi connectivity index (χ2v) is 5.54. The SMILES string of the molecule is C1CCCCC1.CCCCC.CCCCCCC. The molecule has 0 amide bonds. The van der Waals surface area contributed by atoms with Gasteiger partial charge in [-0.15, -0.1) is 0 Å². The van der Waals surface area contributed by atoms with Crippen LogP contribution in [-0.2, 0) is 0 Å². The third-order valence-electron chi connectivity index (χ3n) is 3.41. The Bertz CT molecular complexity index is 85.1. The molecule has 0 N–H and O–H groups in total. The molecule has 1 aliphatic carbocycles. The minimum absolute atomic E-state index is 1.34. The van der Waals surface area contributed by atoms with Gasteiger partial charge >= 0.3 is 0 Å². The maximum atomic E-state index is 2.25. The Labute approximate surface area is 118 Å². The van der Waals surface area contributed by atoms with Crippen LogP contribution in [0.4, 0.5) is 0 Å². The maximum Gasteiger partial charge on any atom is -0.0533 e. The fourth-order valence-electron chi connectivity index (χ4n) is 2.09. The van der Waals surface area contributed by atoms with Crippen molar-refractivity contribution in [1.29, 1.82) is 0 Å². The monoisotopic (exact) mass is 256 g/mol. The van der Waals surface area contributed by atoms with E-state index in [4.69, 9.17) is 0 Å². The van der Waals surface area contributed by atoms with E-state index in [1.165, 1.54) is 89.9 Å². The summed E-state index contributed by atoms with van der Waals surface area (Å²) in [5.41, 5.74) is 0. The molecule has 1 aliphatic rings. The van der Waals surface area contributed by atoms with E-state index in [0.29, 0.717) is 0 Å². The molecule has 0 bridgehead atoms. The van der Waals surface area contributed by atoms with Crippen molar-refractivity contribution >= 4 is 0 Å². The molecule has 0 saturated heterocycles. The standard InChI is InChI=1S/C7H16.C6H12.C5H12/c1-3-5-7-6-4-2;1-2-4-6-5-3-1;1-3-5-4-2/h3-7H2,1-2H3;1-6H2;3-5H2,1-2H3. The van der Waals surface area contributed by atoms with Gasteiger partial charge in [0.1, 0.15) is 0 Å². The molecule has 0 aromatic carbocycles. The van der Waals surface area contributed by atoms with Gasteiger partial charge in [-0.3, -0.25) is 0 Å². The molecule has 0 spiro atoms. The molecule has 0 unspecified atom stereocenters. The van der Waals surface area contributed by atoms with Crippen LogP contribution in [0.3, 0.4) is 0 Å². The quantitative estimate of drug-likeness (QED) is 0.431. The van der Waals surface area contributed by atoms with Crippen molar-refractivity contribution in [3.8, 4) is 0 Å². The van der Waals surface area contributed by atoms with Gasteiger partial charge in [0.25, 0.3) is 0 Å². The molecule has 1 saturated carbocycles. The molecule has 1 fully saturated rings. The Morgan fingerprint density at radius 1 is 0.389 bits per heavy atom. The molecular formula is C18H40. The van der Waals surface area contributed by atoms with E-state index < -0.39 is 0 Å². The molecule has 0 aromatic rings. The van der Waals surface area contributed by atoms with Crippen molar-refractivity contribution in [3.63, 3.8) is 0 Å². The summed E-state index contributed by atoms with van der Waals surface area (Å²) in [4.78, 5) is 0. The Balaban J connectivity index is 0. The lowest BCUT2D eigenvalue weighted by Crippen LogP contribution is -1.85. The Kier molecular flexibility index (Phi) is 25.1. The number of hydrogen-bond acceptors (Lipinski definition) is 0. The molecule has 0 nitrogen and oxygen atoms in total. The highest BCUT2D eigenvalue weighted by Crippen LogP contribution is 2.15. The molecule has 18 heavy (non-hydrogen) atoms. The average molecular weight is 257 g/mol. The van der Waals surface area contributed by atoms with Crippen molar-refractivity contribution in [2.24, 2.45) is 0 Å². The van der Waals surface area contributed by atoms with Gasteiger partial charge in [-0.05, 0) is 0 Å². The average Bonchev–Trinajstić information content (AvgIpc) is 2.44. The fourth-order valence-corrected chi connectivity index (χ4v) is 2.09. The van der Waals surface area contributed by atoms with Crippen LogP contribution >= 0.6 is 0 Å². The summed E-state index contributed by atoms with van der Waals surface area (Å²) < 4.78 is 0. The molecule has 0 radical (unpaired) electrons. The summed E-state index contributed by atoms with van der Waals surface area (Å²) in [6.07, 6.45) is 20.1. The van der Waals surface area contributed by atoms with E-state index in [-0.39, 0.29) is 0 Å². The van der Waals surface area contributed by atoms with Gasteiger partial charge in [0.15, 0.2) is 0 Å². The minimum Gasteiger partial charge on any atom is -0.0654 e. The predicted octanol–water partition coefficient (Wildman–Crippen LogP) is 7.51. The van der Waals surface area contributed by atoms with Crippen molar-refractivity contribution in [1.82, 2.24) is 0 Å². The van der Waals surface area contributed by atoms with Crippen LogP contribution in [0.5, 0.6) is 0 Å². The van der Waals surface area contributed by atoms with E-state index in [2.05, 4.69) is 27.7 Å². The molecule has 0 heterocycles. The van der Waals surface area contributed by atoms with Crippen molar-refractivity contribution < 1.29 is 0 Å². The van der Waals surface area contributed by atoms with Crippen LogP contribution in [0, 0.1) is 0 Å². The van der Waals surface area contributed by atoms with E-state index in [0.717, 1.165) is 0 Å². The van der Waals surface area contributed by atoms with Crippen LogP contribution in [0.1, 0.15) is 118 Å². The van der Waals surface area contributed by atoms with Gasteiger partial charge in [-0.2, -0.15) is 0 Å². The molecule has 0 atom stereocenters. The first-order valence-corrected chi connectivity index (χ1v) is 8.83. The van der Waals surface area contributed by atoms with Crippen molar-refractivity contribution in [2.45, 2.75) is 118 Å². The zero-order valence-electron chi connectivity index (χ0n) is 13.9. The van der Waals surface area contributed by atoms with Gasteiger partial charge < -0.3 is 0 Å². The summed E-state index contributed by atoms with van der Waals surface area (Å²) in [5, 5.41) is 0. The van der Waals surface area contributed by atoms with E-state index in [1.54, 1.807) is 0 Å². The first-order valence-electron chi connectivity index (χ1n) is 8.83. The molecule has 0 heteroatoms. The Morgan fingerprint density at radius 2 is 0.667 bits per heavy atom. The Hall–Kier alpha value is 0. The topological polar surface area (TPSA) is 0 Å². The summed E-state index contributed by atoms with van der Waals surface area (Å²) >= 11 is 0. The minimum atomic E-state index is 1.34. The highest BCUT2D eigenvalue weighted by atomic mass is 14.0. The third kappa shape index (κ3) is 25.0. The second kappa shape index (κ2) is 22.2. The lowest BCUT2D eigenvalue weighted by molar-refractivity contribution is 0.504. The number of hydrogen-bond donors (Lipinski definition) is 0. The van der Waals surface area contributed by atoms with Gasteiger partial charge in [-0.1, -0.05) is 118 Å². The van der Waals surface area contributed by atoms with Gasteiger partial charge in [-0.25, -0.2) is 0 Å². The van der Waals surface area contributed by atoms with Crippen LogP contribution < -0.4 is 0 Å². The zero-order valence-corrected chi connectivity index (χ0v) is 13.9. The molecule has 0 aliphatic heterocycles. The second-order valence-electron chi connectivity index (χ2n) is 5.54. The van der Waals surface area contributed by atoms with Gasteiger partial charge in [0.05, 0.1) is 0 Å². The van der Waals surface area contributed by atoms with E-state index in [9.17, 15) is 0 Å². The maximum absolute atomic E-state index is 2.25. The zero-order chi connectivity index (χ0) is 13.9. The number of unbranched alkanes of at least 4 members (excludes halogenated alkanes) is 6. The molecular weight excluding hydrogens is 216 g/mol. The third-order valence-corrected chi connectivity index (χ3v) is 3.41.